The number of hydrogen-bond acceptors (Lipinski definition) is 3. The van der Waals surface area contributed by atoms with Crippen LogP contribution in [0.15, 0.2) is 18.2 Å². The number of hydrogen-bond donors (Lipinski definition) is 1. The highest BCUT2D eigenvalue weighted by atomic mass is 35.5. The summed E-state index contributed by atoms with van der Waals surface area (Å²) in [5.74, 6) is 0.670. The smallest absolute Gasteiger partial charge is 0.138 e. The Kier molecular flexibility index (Phi) is 5.75. The molecule has 0 saturated carbocycles. The molecule has 0 heterocycles. The minimum Gasteiger partial charge on any atom is -0.490 e. The first kappa shape index (κ1) is 14.3. The second-order valence-electron chi connectivity index (χ2n) is 4.25. The third kappa shape index (κ3) is 4.94. The lowest BCUT2D eigenvalue weighted by Crippen LogP contribution is -2.11. The van der Waals surface area contributed by atoms with Crippen molar-refractivity contribution in [2.75, 3.05) is 13.2 Å². The zero-order valence-corrected chi connectivity index (χ0v) is 11.3. The second-order valence-corrected chi connectivity index (χ2v) is 4.65. The van der Waals surface area contributed by atoms with Crippen molar-refractivity contribution in [2.45, 2.75) is 32.9 Å². The number of nitrogens with two attached hydrogens (primary N) is 1. The Bertz CT molecular complexity index is 353. The van der Waals surface area contributed by atoms with Gasteiger partial charge in [-0.1, -0.05) is 17.7 Å². The van der Waals surface area contributed by atoms with Crippen molar-refractivity contribution in [3.8, 4) is 5.75 Å². The Morgan fingerprint density at radius 2 is 1.94 bits per heavy atom. The molecule has 0 aromatic heterocycles. The largest absolute Gasteiger partial charge is 0.490 e. The average Bonchev–Trinajstić information content (AvgIpc) is 2.25. The van der Waals surface area contributed by atoms with Gasteiger partial charge in [0.25, 0.3) is 0 Å². The predicted octanol–water partition coefficient (Wildman–Crippen LogP) is 3.16. The Morgan fingerprint density at radius 3 is 2.47 bits per heavy atom. The van der Waals surface area contributed by atoms with Gasteiger partial charge in [-0.2, -0.15) is 0 Å². The monoisotopic (exact) mass is 257 g/mol. The van der Waals surface area contributed by atoms with Crippen molar-refractivity contribution < 1.29 is 9.47 Å². The van der Waals surface area contributed by atoms with Gasteiger partial charge in [-0.25, -0.2) is 0 Å². The van der Waals surface area contributed by atoms with Crippen LogP contribution in [-0.4, -0.2) is 19.3 Å². The summed E-state index contributed by atoms with van der Waals surface area (Å²) in [7, 11) is 0. The molecule has 0 spiro atoms. The van der Waals surface area contributed by atoms with Crippen molar-refractivity contribution >= 4 is 11.6 Å². The van der Waals surface area contributed by atoms with E-state index in [0.29, 0.717) is 24.0 Å². The molecule has 1 aromatic carbocycles. The highest BCUT2D eigenvalue weighted by Crippen LogP contribution is 2.27. The standard InChI is InChI=1S/C13H20ClNO2/c1-9(2)16-6-7-17-13-5-4-11(10(3)15)8-12(13)14/h4-5,8-10H,6-7,15H2,1-3H3. The van der Waals surface area contributed by atoms with Crippen LogP contribution >= 0.6 is 11.6 Å². The van der Waals surface area contributed by atoms with E-state index in [1.807, 2.05) is 39.0 Å². The SMILES string of the molecule is CC(C)OCCOc1ccc(C(C)N)cc1Cl. The lowest BCUT2D eigenvalue weighted by atomic mass is 10.1. The van der Waals surface area contributed by atoms with Gasteiger partial charge in [-0.15, -0.1) is 0 Å². The number of benzene rings is 1. The van der Waals surface area contributed by atoms with E-state index < -0.39 is 0 Å². The van der Waals surface area contributed by atoms with E-state index in [4.69, 9.17) is 26.8 Å². The lowest BCUT2D eigenvalue weighted by molar-refractivity contribution is 0.0553. The van der Waals surface area contributed by atoms with Gasteiger partial charge in [-0.3, -0.25) is 0 Å². The van der Waals surface area contributed by atoms with E-state index in [9.17, 15) is 0 Å². The summed E-state index contributed by atoms with van der Waals surface area (Å²) in [5, 5.41) is 0.587. The molecule has 1 unspecified atom stereocenters. The molecule has 0 aliphatic carbocycles. The quantitative estimate of drug-likeness (QED) is 0.796. The molecular weight excluding hydrogens is 238 g/mol. The summed E-state index contributed by atoms with van der Waals surface area (Å²) in [4.78, 5) is 0. The highest BCUT2D eigenvalue weighted by Gasteiger charge is 2.05. The van der Waals surface area contributed by atoms with Crippen LogP contribution < -0.4 is 10.5 Å². The molecule has 4 heteroatoms. The molecule has 0 saturated heterocycles. The molecule has 0 fully saturated rings. The summed E-state index contributed by atoms with van der Waals surface area (Å²) >= 11 is 6.09. The maximum absolute atomic E-state index is 6.09. The Morgan fingerprint density at radius 1 is 1.24 bits per heavy atom. The van der Waals surface area contributed by atoms with Gasteiger partial charge in [-0.05, 0) is 38.5 Å². The van der Waals surface area contributed by atoms with E-state index in [-0.39, 0.29) is 12.1 Å². The summed E-state index contributed by atoms with van der Waals surface area (Å²) in [5.41, 5.74) is 6.77. The van der Waals surface area contributed by atoms with Gasteiger partial charge >= 0.3 is 0 Å². The zero-order chi connectivity index (χ0) is 12.8. The minimum atomic E-state index is -0.0224. The molecule has 1 aromatic rings. The molecule has 1 rings (SSSR count). The van der Waals surface area contributed by atoms with Crippen LogP contribution in [0.1, 0.15) is 32.4 Å². The number of rotatable bonds is 6. The van der Waals surface area contributed by atoms with E-state index in [0.717, 1.165) is 5.56 Å². The van der Waals surface area contributed by atoms with Crippen LogP contribution in [0.5, 0.6) is 5.75 Å². The van der Waals surface area contributed by atoms with Gasteiger partial charge < -0.3 is 15.2 Å². The Labute approximate surface area is 108 Å². The fraction of sp³-hybridized carbons (Fsp3) is 0.538. The Hall–Kier alpha value is -0.770. The van der Waals surface area contributed by atoms with E-state index in [1.165, 1.54) is 0 Å². The number of ether oxygens (including phenoxy) is 2. The van der Waals surface area contributed by atoms with E-state index in [1.54, 1.807) is 0 Å². The van der Waals surface area contributed by atoms with Gasteiger partial charge in [0.2, 0.25) is 0 Å². The normalized spacial score (nSPS) is 12.8. The first-order chi connectivity index (χ1) is 8.00. The van der Waals surface area contributed by atoms with Crippen molar-refractivity contribution in [2.24, 2.45) is 5.73 Å². The molecule has 17 heavy (non-hydrogen) atoms. The van der Waals surface area contributed by atoms with Gasteiger partial charge in [0.05, 0.1) is 17.7 Å². The third-order valence-corrected chi connectivity index (χ3v) is 2.57. The molecule has 0 radical (unpaired) electrons. The summed E-state index contributed by atoms with van der Waals surface area (Å²) in [6.45, 7) is 6.95. The predicted molar refractivity (Wildman–Crippen MR) is 70.6 cm³/mol. The van der Waals surface area contributed by atoms with Crippen LogP contribution in [0.2, 0.25) is 5.02 Å². The minimum absolute atomic E-state index is 0.0224. The van der Waals surface area contributed by atoms with Gasteiger partial charge in [0.15, 0.2) is 0 Å². The number of halogens is 1. The molecule has 0 bridgehead atoms. The summed E-state index contributed by atoms with van der Waals surface area (Å²) in [6.07, 6.45) is 0.217. The van der Waals surface area contributed by atoms with Crippen molar-refractivity contribution in [3.05, 3.63) is 28.8 Å². The summed E-state index contributed by atoms with van der Waals surface area (Å²) < 4.78 is 10.9. The molecule has 2 N–H and O–H groups in total. The molecule has 1 atom stereocenters. The van der Waals surface area contributed by atoms with Crippen molar-refractivity contribution in [1.29, 1.82) is 0 Å². The van der Waals surface area contributed by atoms with E-state index in [2.05, 4.69) is 0 Å². The fourth-order valence-electron chi connectivity index (χ4n) is 1.35. The molecule has 0 aliphatic rings. The molecular formula is C13H20ClNO2. The molecule has 3 nitrogen and oxygen atoms in total. The van der Waals surface area contributed by atoms with Crippen LogP contribution in [0, 0.1) is 0 Å². The molecule has 96 valence electrons. The summed E-state index contributed by atoms with van der Waals surface area (Å²) in [6, 6.07) is 5.59. The van der Waals surface area contributed by atoms with Crippen LogP contribution in [0.3, 0.4) is 0 Å². The van der Waals surface area contributed by atoms with Crippen molar-refractivity contribution in [3.63, 3.8) is 0 Å². The Balaban J connectivity index is 2.49. The van der Waals surface area contributed by atoms with Crippen LogP contribution in [0.4, 0.5) is 0 Å². The van der Waals surface area contributed by atoms with E-state index >= 15 is 0 Å². The zero-order valence-electron chi connectivity index (χ0n) is 10.6. The topological polar surface area (TPSA) is 44.5 Å². The first-order valence-corrected chi connectivity index (χ1v) is 6.18. The maximum Gasteiger partial charge on any atom is 0.138 e. The molecule has 0 amide bonds. The van der Waals surface area contributed by atoms with Crippen molar-refractivity contribution in [1.82, 2.24) is 0 Å². The maximum atomic E-state index is 6.09. The van der Waals surface area contributed by atoms with Gasteiger partial charge in [0.1, 0.15) is 12.4 Å². The highest BCUT2D eigenvalue weighted by molar-refractivity contribution is 6.32. The second kappa shape index (κ2) is 6.84. The van der Waals surface area contributed by atoms with Gasteiger partial charge in [0, 0.05) is 6.04 Å². The third-order valence-electron chi connectivity index (χ3n) is 2.27. The molecule has 0 aliphatic heterocycles. The van der Waals surface area contributed by atoms with Crippen LogP contribution in [-0.2, 0) is 4.74 Å². The first-order valence-electron chi connectivity index (χ1n) is 5.80. The van der Waals surface area contributed by atoms with Crippen LogP contribution in [0.25, 0.3) is 0 Å². The average molecular weight is 258 g/mol. The lowest BCUT2D eigenvalue weighted by Gasteiger charge is -2.12. The fourth-order valence-corrected chi connectivity index (χ4v) is 1.60.